The first kappa shape index (κ1) is 51.5. The van der Waals surface area contributed by atoms with E-state index in [1.54, 1.807) is 0 Å². The molecule has 3 N–H and O–H groups in total. The van der Waals surface area contributed by atoms with Crippen molar-refractivity contribution in [1.29, 1.82) is 0 Å². The van der Waals surface area contributed by atoms with E-state index in [9.17, 15) is 19.0 Å². The van der Waals surface area contributed by atoms with E-state index >= 15 is 0 Å². The Morgan fingerprint density at radius 2 is 0.925 bits per heavy atom. The fraction of sp³-hybridized carbons (Fsp3) is 0.860. The van der Waals surface area contributed by atoms with Gasteiger partial charge in [-0.25, -0.2) is 4.57 Å². The van der Waals surface area contributed by atoms with Gasteiger partial charge in [0.1, 0.15) is 6.61 Å². The number of allylic oxidation sites excluding steroid dienone is 4. The summed E-state index contributed by atoms with van der Waals surface area (Å²) < 4.78 is 32.8. The van der Waals surface area contributed by atoms with Crippen molar-refractivity contribution < 1.29 is 37.6 Å². The molecule has 0 saturated heterocycles. The Morgan fingerprint density at radius 3 is 1.36 bits per heavy atom. The Hall–Kier alpha value is -1.51. The molecule has 0 aromatic heterocycles. The minimum atomic E-state index is -4.37. The van der Waals surface area contributed by atoms with Gasteiger partial charge < -0.3 is 20.1 Å². The molecule has 2 unspecified atom stereocenters. The summed E-state index contributed by atoms with van der Waals surface area (Å²) >= 11 is 0. The number of esters is 2. The molecule has 312 valence electrons. The fourth-order valence-corrected chi connectivity index (χ4v) is 6.80. The normalized spacial score (nSPS) is 13.5. The third-order valence-corrected chi connectivity index (χ3v) is 10.3. The second-order valence-corrected chi connectivity index (χ2v) is 16.0. The standard InChI is InChI=1S/C43H82NO8P/c1-3-5-7-9-11-13-15-17-19-20-22-24-26-28-30-32-34-36-43(46)52-41(40-51-53(47,48)50-38-37-44)39-49-42(45)35-33-31-29-27-25-23-21-18-16-14-12-10-8-6-4-2/h14,16-17,19,41H,3-13,15,18,20-40,44H2,1-2H3,(H,47,48). The highest BCUT2D eigenvalue weighted by molar-refractivity contribution is 7.47. The molecule has 0 aromatic carbocycles. The molecule has 0 amide bonds. The van der Waals surface area contributed by atoms with Crippen molar-refractivity contribution in [2.24, 2.45) is 5.73 Å². The number of phosphoric ester groups is 1. The van der Waals surface area contributed by atoms with E-state index in [0.717, 1.165) is 57.8 Å². The van der Waals surface area contributed by atoms with Gasteiger partial charge in [-0.3, -0.25) is 18.6 Å². The monoisotopic (exact) mass is 772 g/mol. The van der Waals surface area contributed by atoms with Crippen LogP contribution in [0.2, 0.25) is 0 Å². The minimum Gasteiger partial charge on any atom is -0.462 e. The van der Waals surface area contributed by atoms with Crippen LogP contribution in [0.3, 0.4) is 0 Å². The Bertz CT molecular complexity index is 928. The molecule has 0 radical (unpaired) electrons. The van der Waals surface area contributed by atoms with Gasteiger partial charge in [-0.05, 0) is 64.2 Å². The van der Waals surface area contributed by atoms with Crippen LogP contribution in [0.5, 0.6) is 0 Å². The van der Waals surface area contributed by atoms with Crippen LogP contribution < -0.4 is 5.73 Å². The molecular weight excluding hydrogens is 689 g/mol. The Balaban J connectivity index is 4.15. The molecule has 0 aromatic rings. The molecule has 53 heavy (non-hydrogen) atoms. The quantitative estimate of drug-likeness (QED) is 0.0269. The lowest BCUT2D eigenvalue weighted by atomic mass is 10.1. The largest absolute Gasteiger partial charge is 0.472 e. The number of hydrogen-bond donors (Lipinski definition) is 2. The van der Waals surface area contributed by atoms with Crippen LogP contribution in [0.1, 0.15) is 206 Å². The smallest absolute Gasteiger partial charge is 0.462 e. The first-order chi connectivity index (χ1) is 25.8. The molecule has 0 bridgehead atoms. The van der Waals surface area contributed by atoms with Gasteiger partial charge in [0.15, 0.2) is 6.10 Å². The predicted molar refractivity (Wildman–Crippen MR) is 220 cm³/mol. The zero-order chi connectivity index (χ0) is 38.9. The van der Waals surface area contributed by atoms with E-state index in [1.807, 2.05) is 0 Å². The molecule has 0 heterocycles. The lowest BCUT2D eigenvalue weighted by Crippen LogP contribution is -2.29. The maximum absolute atomic E-state index is 12.6. The van der Waals surface area contributed by atoms with Crippen LogP contribution in [0.25, 0.3) is 0 Å². The van der Waals surface area contributed by atoms with E-state index in [4.69, 9.17) is 24.3 Å². The molecule has 0 aliphatic heterocycles. The summed E-state index contributed by atoms with van der Waals surface area (Å²) in [7, 11) is -4.37. The second kappa shape index (κ2) is 40.2. The summed E-state index contributed by atoms with van der Waals surface area (Å²) in [6, 6.07) is 0. The summed E-state index contributed by atoms with van der Waals surface area (Å²) in [4.78, 5) is 34.9. The number of phosphoric acid groups is 1. The van der Waals surface area contributed by atoms with Crippen LogP contribution in [-0.2, 0) is 32.7 Å². The zero-order valence-corrected chi connectivity index (χ0v) is 35.2. The predicted octanol–water partition coefficient (Wildman–Crippen LogP) is 12.4. The summed E-state index contributed by atoms with van der Waals surface area (Å²) in [5.41, 5.74) is 5.35. The number of rotatable bonds is 41. The first-order valence-corrected chi connectivity index (χ1v) is 23.3. The van der Waals surface area contributed by atoms with Gasteiger partial charge >= 0.3 is 19.8 Å². The van der Waals surface area contributed by atoms with E-state index in [1.165, 1.54) is 116 Å². The fourth-order valence-electron chi connectivity index (χ4n) is 6.04. The highest BCUT2D eigenvalue weighted by Gasteiger charge is 2.26. The van der Waals surface area contributed by atoms with E-state index in [2.05, 4.69) is 38.2 Å². The maximum Gasteiger partial charge on any atom is 0.472 e. The number of carbonyl (C=O) groups is 2. The lowest BCUT2D eigenvalue weighted by Gasteiger charge is -2.19. The maximum atomic E-state index is 12.6. The first-order valence-electron chi connectivity index (χ1n) is 21.8. The summed E-state index contributed by atoms with van der Waals surface area (Å²) in [6.45, 7) is 3.72. The molecule has 0 aliphatic rings. The van der Waals surface area contributed by atoms with Crippen LogP contribution in [0.4, 0.5) is 0 Å². The Morgan fingerprint density at radius 1 is 0.547 bits per heavy atom. The van der Waals surface area contributed by atoms with Gasteiger partial charge in [0, 0.05) is 19.4 Å². The van der Waals surface area contributed by atoms with Crippen molar-refractivity contribution in [3.63, 3.8) is 0 Å². The van der Waals surface area contributed by atoms with Crippen LogP contribution in [-0.4, -0.2) is 49.3 Å². The van der Waals surface area contributed by atoms with Crippen molar-refractivity contribution in [3.8, 4) is 0 Å². The summed E-state index contributed by atoms with van der Waals surface area (Å²) in [5.74, 6) is -0.834. The summed E-state index contributed by atoms with van der Waals surface area (Å²) in [6.07, 6.45) is 42.0. The van der Waals surface area contributed by atoms with Crippen molar-refractivity contribution in [2.75, 3.05) is 26.4 Å². The SMILES string of the molecule is CCCCCCC=CCCCCCCCCCC(=O)OCC(COP(=O)(O)OCCN)OC(=O)CCCCCCCCCC=CCCCCCCCC. The molecule has 9 nitrogen and oxygen atoms in total. The zero-order valence-electron chi connectivity index (χ0n) is 34.3. The van der Waals surface area contributed by atoms with Gasteiger partial charge in [0.2, 0.25) is 0 Å². The molecule has 0 saturated carbocycles. The van der Waals surface area contributed by atoms with Gasteiger partial charge in [-0.15, -0.1) is 0 Å². The molecule has 0 fully saturated rings. The molecule has 10 heteroatoms. The highest BCUT2D eigenvalue weighted by Crippen LogP contribution is 2.43. The van der Waals surface area contributed by atoms with Gasteiger partial charge in [-0.1, -0.05) is 154 Å². The van der Waals surface area contributed by atoms with E-state index in [0.29, 0.717) is 6.42 Å². The van der Waals surface area contributed by atoms with Gasteiger partial charge in [-0.2, -0.15) is 0 Å². The molecule has 2 atom stereocenters. The third kappa shape index (κ3) is 40.0. The van der Waals surface area contributed by atoms with Crippen LogP contribution in [0.15, 0.2) is 24.3 Å². The van der Waals surface area contributed by atoms with Crippen LogP contribution in [0, 0.1) is 0 Å². The molecule has 0 aliphatic carbocycles. The highest BCUT2D eigenvalue weighted by atomic mass is 31.2. The number of carbonyl (C=O) groups excluding carboxylic acids is 2. The summed E-state index contributed by atoms with van der Waals surface area (Å²) in [5, 5.41) is 0. The van der Waals surface area contributed by atoms with Crippen molar-refractivity contribution >= 4 is 19.8 Å². The number of unbranched alkanes of at least 4 members (excludes halogenated alkanes) is 24. The van der Waals surface area contributed by atoms with E-state index in [-0.39, 0.29) is 38.6 Å². The van der Waals surface area contributed by atoms with Crippen molar-refractivity contribution in [1.82, 2.24) is 0 Å². The number of ether oxygens (including phenoxy) is 2. The number of nitrogens with two attached hydrogens (primary N) is 1. The Kier molecular flexibility index (Phi) is 39.0. The van der Waals surface area contributed by atoms with Crippen molar-refractivity contribution in [3.05, 3.63) is 24.3 Å². The van der Waals surface area contributed by atoms with Crippen LogP contribution >= 0.6 is 7.82 Å². The lowest BCUT2D eigenvalue weighted by molar-refractivity contribution is -0.161. The average Bonchev–Trinajstić information content (AvgIpc) is 3.14. The third-order valence-electron chi connectivity index (χ3n) is 9.31. The Labute approximate surface area is 325 Å². The number of hydrogen-bond acceptors (Lipinski definition) is 8. The topological polar surface area (TPSA) is 134 Å². The van der Waals surface area contributed by atoms with Crippen molar-refractivity contribution in [2.45, 2.75) is 213 Å². The molecule has 0 rings (SSSR count). The van der Waals surface area contributed by atoms with Gasteiger partial charge in [0.05, 0.1) is 13.2 Å². The van der Waals surface area contributed by atoms with Gasteiger partial charge in [0.25, 0.3) is 0 Å². The van der Waals surface area contributed by atoms with E-state index < -0.39 is 26.5 Å². The average molecular weight is 772 g/mol. The molecular formula is C43H82NO8P. The minimum absolute atomic E-state index is 0.0531. The second-order valence-electron chi connectivity index (χ2n) is 14.6. The molecule has 0 spiro atoms.